The molecule has 3 rings (SSSR count). The normalized spacial score (nSPS) is 26.3. The number of amides is 1. The Morgan fingerprint density at radius 3 is 2.52 bits per heavy atom. The summed E-state index contributed by atoms with van der Waals surface area (Å²) in [5.41, 5.74) is 3.56. The molecule has 1 amide bonds. The minimum absolute atomic E-state index is 0.00837. The van der Waals surface area contributed by atoms with Crippen molar-refractivity contribution in [3.05, 3.63) is 34.9 Å². The van der Waals surface area contributed by atoms with Crippen LogP contribution < -0.4 is 0 Å². The zero-order chi connectivity index (χ0) is 16.6. The number of hydrogen-bond donors (Lipinski definition) is 1. The lowest BCUT2D eigenvalue weighted by Crippen LogP contribution is -2.43. The summed E-state index contributed by atoms with van der Waals surface area (Å²) < 4.78 is 0. The van der Waals surface area contributed by atoms with E-state index in [4.69, 9.17) is 0 Å². The molecule has 4 nitrogen and oxygen atoms in total. The smallest absolute Gasteiger partial charge is 0.326 e. The third-order valence-corrected chi connectivity index (χ3v) is 5.37. The Balaban J connectivity index is 1.66. The van der Waals surface area contributed by atoms with Crippen molar-refractivity contribution in [3.8, 4) is 0 Å². The van der Waals surface area contributed by atoms with E-state index in [0.717, 1.165) is 24.8 Å². The molecule has 0 aromatic heterocycles. The average Bonchev–Trinajstić information content (AvgIpc) is 3.03. The van der Waals surface area contributed by atoms with Gasteiger partial charge in [-0.25, -0.2) is 4.79 Å². The lowest BCUT2D eigenvalue weighted by Gasteiger charge is -2.24. The van der Waals surface area contributed by atoms with Crippen LogP contribution in [0.3, 0.4) is 0 Å². The summed E-state index contributed by atoms with van der Waals surface area (Å²) in [4.78, 5) is 25.9. The van der Waals surface area contributed by atoms with E-state index >= 15 is 0 Å². The summed E-state index contributed by atoms with van der Waals surface area (Å²) >= 11 is 0. The summed E-state index contributed by atoms with van der Waals surface area (Å²) in [6.45, 7) is 4.74. The fraction of sp³-hybridized carbons (Fsp3) is 0.579. The van der Waals surface area contributed by atoms with E-state index in [1.54, 1.807) is 4.90 Å². The lowest BCUT2D eigenvalue weighted by atomic mass is 9.94. The van der Waals surface area contributed by atoms with Gasteiger partial charge in [0.2, 0.25) is 5.91 Å². The number of aliphatic carboxylic acids is 1. The molecule has 2 aliphatic rings. The summed E-state index contributed by atoms with van der Waals surface area (Å²) in [6, 6.07) is 5.73. The van der Waals surface area contributed by atoms with Crippen molar-refractivity contribution in [1.82, 2.24) is 4.90 Å². The van der Waals surface area contributed by atoms with Gasteiger partial charge in [-0.3, -0.25) is 4.79 Å². The standard InChI is InChI=1S/C19H25NO3/c1-12-8-13(2)10-14(9-12)6-7-17(21)20-11-15-4-3-5-16(15)18(20)19(22)23/h8-10,15-16,18H,3-7,11H2,1-2H3,(H,22,23). The topological polar surface area (TPSA) is 57.6 Å². The first-order valence-corrected chi connectivity index (χ1v) is 8.55. The van der Waals surface area contributed by atoms with Crippen molar-refractivity contribution in [1.29, 1.82) is 0 Å². The fourth-order valence-electron chi connectivity index (χ4n) is 4.49. The summed E-state index contributed by atoms with van der Waals surface area (Å²) in [5.74, 6) is -0.288. The monoisotopic (exact) mass is 315 g/mol. The molecule has 1 saturated heterocycles. The SMILES string of the molecule is Cc1cc(C)cc(CCC(=O)N2CC3CCCC3C2C(=O)O)c1. The van der Waals surface area contributed by atoms with Crippen molar-refractivity contribution in [2.75, 3.05) is 6.54 Å². The molecular formula is C19H25NO3. The maximum absolute atomic E-state index is 12.6. The highest BCUT2D eigenvalue weighted by Crippen LogP contribution is 2.42. The zero-order valence-corrected chi connectivity index (χ0v) is 13.9. The number of carboxylic acid groups (broad SMARTS) is 1. The number of carbonyl (C=O) groups excluding carboxylic acids is 1. The van der Waals surface area contributed by atoms with Crippen LogP contribution in [0.5, 0.6) is 0 Å². The van der Waals surface area contributed by atoms with Gasteiger partial charge in [0.25, 0.3) is 0 Å². The largest absolute Gasteiger partial charge is 0.480 e. The van der Waals surface area contributed by atoms with Gasteiger partial charge in [-0.1, -0.05) is 35.7 Å². The number of benzene rings is 1. The van der Waals surface area contributed by atoms with Gasteiger partial charge >= 0.3 is 5.97 Å². The van der Waals surface area contributed by atoms with Crippen molar-refractivity contribution >= 4 is 11.9 Å². The lowest BCUT2D eigenvalue weighted by molar-refractivity contribution is -0.149. The minimum atomic E-state index is -0.834. The molecule has 3 atom stereocenters. The Morgan fingerprint density at radius 1 is 1.17 bits per heavy atom. The molecular weight excluding hydrogens is 290 g/mol. The van der Waals surface area contributed by atoms with Crippen LogP contribution in [0, 0.1) is 25.7 Å². The molecule has 23 heavy (non-hydrogen) atoms. The molecule has 0 spiro atoms. The van der Waals surface area contributed by atoms with E-state index in [2.05, 4.69) is 32.0 Å². The summed E-state index contributed by atoms with van der Waals surface area (Å²) in [7, 11) is 0. The van der Waals surface area contributed by atoms with Crippen molar-refractivity contribution in [2.24, 2.45) is 11.8 Å². The second-order valence-electron chi connectivity index (χ2n) is 7.18. The number of carbonyl (C=O) groups is 2. The highest BCUT2D eigenvalue weighted by atomic mass is 16.4. The highest BCUT2D eigenvalue weighted by Gasteiger charge is 2.49. The van der Waals surface area contributed by atoms with Crippen LogP contribution in [-0.2, 0) is 16.0 Å². The molecule has 1 N–H and O–H groups in total. The van der Waals surface area contributed by atoms with Crippen LogP contribution in [0.2, 0.25) is 0 Å². The van der Waals surface area contributed by atoms with Crippen LogP contribution in [-0.4, -0.2) is 34.5 Å². The van der Waals surface area contributed by atoms with Crippen LogP contribution in [0.4, 0.5) is 0 Å². The number of nitrogens with zero attached hydrogens (tertiary/aromatic N) is 1. The van der Waals surface area contributed by atoms with Crippen molar-refractivity contribution in [2.45, 2.75) is 52.0 Å². The van der Waals surface area contributed by atoms with Gasteiger partial charge < -0.3 is 10.0 Å². The number of fused-ring (bicyclic) bond motifs is 1. The van der Waals surface area contributed by atoms with Gasteiger partial charge in [-0.2, -0.15) is 0 Å². The quantitative estimate of drug-likeness (QED) is 0.929. The number of carboxylic acids is 1. The van der Waals surface area contributed by atoms with E-state index in [1.807, 2.05) is 0 Å². The number of hydrogen-bond acceptors (Lipinski definition) is 2. The molecule has 0 bridgehead atoms. The molecule has 1 aromatic carbocycles. The van der Waals surface area contributed by atoms with E-state index in [-0.39, 0.29) is 11.8 Å². The third-order valence-electron chi connectivity index (χ3n) is 5.37. The Labute approximate surface area is 137 Å². The van der Waals surface area contributed by atoms with Crippen LogP contribution in [0.15, 0.2) is 18.2 Å². The molecule has 2 fully saturated rings. The van der Waals surface area contributed by atoms with Gasteiger partial charge in [0.15, 0.2) is 0 Å². The second kappa shape index (κ2) is 6.34. The van der Waals surface area contributed by atoms with Gasteiger partial charge in [0, 0.05) is 13.0 Å². The molecule has 3 unspecified atom stereocenters. The summed E-state index contributed by atoms with van der Waals surface area (Å²) in [5, 5.41) is 9.54. The first kappa shape index (κ1) is 16.0. The number of likely N-dealkylation sites (tertiary alicyclic amines) is 1. The first-order valence-electron chi connectivity index (χ1n) is 8.55. The van der Waals surface area contributed by atoms with Crippen molar-refractivity contribution < 1.29 is 14.7 Å². The van der Waals surface area contributed by atoms with Crippen LogP contribution in [0.1, 0.15) is 42.4 Å². The molecule has 1 saturated carbocycles. The first-order chi connectivity index (χ1) is 11.0. The molecule has 1 aliphatic heterocycles. The van der Waals surface area contributed by atoms with E-state index < -0.39 is 12.0 Å². The van der Waals surface area contributed by atoms with Gasteiger partial charge in [-0.05, 0) is 50.5 Å². The molecule has 124 valence electrons. The second-order valence-corrected chi connectivity index (χ2v) is 7.18. The van der Waals surface area contributed by atoms with Gasteiger partial charge in [0.05, 0.1) is 0 Å². The van der Waals surface area contributed by atoms with E-state index in [1.165, 1.54) is 11.1 Å². The molecule has 1 aliphatic carbocycles. The maximum Gasteiger partial charge on any atom is 0.326 e. The maximum atomic E-state index is 12.6. The molecule has 0 radical (unpaired) electrons. The molecule has 1 heterocycles. The minimum Gasteiger partial charge on any atom is -0.480 e. The van der Waals surface area contributed by atoms with Crippen LogP contribution in [0.25, 0.3) is 0 Å². The van der Waals surface area contributed by atoms with E-state index in [0.29, 0.717) is 25.3 Å². The van der Waals surface area contributed by atoms with E-state index in [9.17, 15) is 14.7 Å². The number of aryl methyl sites for hydroxylation is 3. The fourth-order valence-corrected chi connectivity index (χ4v) is 4.49. The molecule has 1 aromatic rings. The number of rotatable bonds is 4. The van der Waals surface area contributed by atoms with Crippen molar-refractivity contribution in [3.63, 3.8) is 0 Å². The Bertz CT molecular complexity index is 605. The third kappa shape index (κ3) is 3.26. The molecule has 4 heteroatoms. The summed E-state index contributed by atoms with van der Waals surface area (Å²) in [6.07, 6.45) is 4.19. The average molecular weight is 315 g/mol. The van der Waals surface area contributed by atoms with Gasteiger partial charge in [-0.15, -0.1) is 0 Å². The Morgan fingerprint density at radius 2 is 1.87 bits per heavy atom. The zero-order valence-electron chi connectivity index (χ0n) is 13.9. The van der Waals surface area contributed by atoms with Gasteiger partial charge in [0.1, 0.15) is 6.04 Å². The highest BCUT2D eigenvalue weighted by molar-refractivity contribution is 5.85. The Hall–Kier alpha value is -1.84. The predicted octanol–water partition coefficient (Wildman–Crippen LogP) is 2.95. The predicted molar refractivity (Wildman–Crippen MR) is 88.2 cm³/mol. The Kier molecular flexibility index (Phi) is 4.42. The van der Waals surface area contributed by atoms with Crippen LogP contribution >= 0.6 is 0 Å².